The number of nitrogens with zero attached hydrogens (tertiary/aromatic N) is 1. The number of anilines is 2. The van der Waals surface area contributed by atoms with Crippen molar-refractivity contribution in [1.29, 1.82) is 0 Å². The number of halogens is 3. The van der Waals surface area contributed by atoms with Gasteiger partial charge in [-0.15, -0.1) is 0 Å². The highest BCUT2D eigenvalue weighted by atomic mass is 32.2. The van der Waals surface area contributed by atoms with E-state index < -0.39 is 11.9 Å². The number of alkyl halides is 3. The molecule has 0 saturated heterocycles. The lowest BCUT2D eigenvalue weighted by molar-refractivity contribution is -0.141. The molecule has 3 N–H and O–H groups in total. The van der Waals surface area contributed by atoms with Crippen LogP contribution in [0.4, 0.5) is 24.5 Å². The van der Waals surface area contributed by atoms with Crippen LogP contribution in [-0.4, -0.2) is 23.5 Å². The summed E-state index contributed by atoms with van der Waals surface area (Å²) in [6, 6.07) is 0.926. The average Bonchev–Trinajstić information content (AvgIpc) is 2.19. The van der Waals surface area contributed by atoms with Crippen molar-refractivity contribution in [2.75, 3.05) is 29.6 Å². The SMILES string of the molecule is CSCCNc1cc(C(F)(F)F)ncc1N. The van der Waals surface area contributed by atoms with Crippen LogP contribution in [0.5, 0.6) is 0 Å². The van der Waals surface area contributed by atoms with Gasteiger partial charge in [0.1, 0.15) is 5.69 Å². The summed E-state index contributed by atoms with van der Waals surface area (Å²) in [5, 5.41) is 2.84. The molecule has 1 heterocycles. The zero-order valence-corrected chi connectivity index (χ0v) is 9.45. The first-order valence-electron chi connectivity index (χ1n) is 4.50. The zero-order chi connectivity index (χ0) is 12.2. The highest BCUT2D eigenvalue weighted by Crippen LogP contribution is 2.30. The molecule has 0 atom stereocenters. The number of hydrogen-bond acceptors (Lipinski definition) is 4. The van der Waals surface area contributed by atoms with Gasteiger partial charge >= 0.3 is 6.18 Å². The third-order valence-electron chi connectivity index (χ3n) is 1.85. The summed E-state index contributed by atoms with van der Waals surface area (Å²) in [5.41, 5.74) is 5.07. The first-order valence-corrected chi connectivity index (χ1v) is 5.90. The van der Waals surface area contributed by atoms with E-state index in [0.29, 0.717) is 6.54 Å². The fraction of sp³-hybridized carbons (Fsp3) is 0.444. The summed E-state index contributed by atoms with van der Waals surface area (Å²) < 4.78 is 37.1. The molecule has 1 rings (SSSR count). The molecule has 0 aliphatic rings. The summed E-state index contributed by atoms with van der Waals surface area (Å²) in [6.45, 7) is 0.562. The van der Waals surface area contributed by atoms with E-state index in [1.807, 2.05) is 6.26 Å². The van der Waals surface area contributed by atoms with E-state index in [1.54, 1.807) is 11.8 Å². The average molecular weight is 251 g/mol. The second-order valence-corrected chi connectivity index (χ2v) is 4.06. The van der Waals surface area contributed by atoms with Crippen LogP contribution in [0.2, 0.25) is 0 Å². The lowest BCUT2D eigenvalue weighted by Gasteiger charge is -2.11. The number of aromatic nitrogens is 1. The van der Waals surface area contributed by atoms with Crippen LogP contribution in [0.15, 0.2) is 12.3 Å². The summed E-state index contributed by atoms with van der Waals surface area (Å²) >= 11 is 1.60. The molecule has 3 nitrogen and oxygen atoms in total. The quantitative estimate of drug-likeness (QED) is 0.807. The Balaban J connectivity index is 2.83. The molecule has 0 spiro atoms. The molecule has 0 aliphatic heterocycles. The van der Waals surface area contributed by atoms with Crippen molar-refractivity contribution < 1.29 is 13.2 Å². The predicted octanol–water partition coefficient (Wildman–Crippen LogP) is 2.46. The van der Waals surface area contributed by atoms with E-state index in [0.717, 1.165) is 18.0 Å². The largest absolute Gasteiger partial charge is 0.433 e. The van der Waals surface area contributed by atoms with Crippen LogP contribution >= 0.6 is 11.8 Å². The monoisotopic (exact) mass is 251 g/mol. The van der Waals surface area contributed by atoms with Crippen LogP contribution < -0.4 is 11.1 Å². The van der Waals surface area contributed by atoms with Crippen LogP contribution in [0, 0.1) is 0 Å². The van der Waals surface area contributed by atoms with Gasteiger partial charge in [-0.3, -0.25) is 0 Å². The van der Waals surface area contributed by atoms with E-state index in [2.05, 4.69) is 10.3 Å². The van der Waals surface area contributed by atoms with Crippen molar-refractivity contribution in [2.45, 2.75) is 6.18 Å². The second-order valence-electron chi connectivity index (χ2n) is 3.07. The van der Waals surface area contributed by atoms with Crippen molar-refractivity contribution >= 4 is 23.1 Å². The number of rotatable bonds is 4. The Labute approximate surface area is 95.6 Å². The molecular weight excluding hydrogens is 239 g/mol. The Morgan fingerprint density at radius 2 is 2.19 bits per heavy atom. The Kier molecular flexibility index (Phi) is 4.28. The van der Waals surface area contributed by atoms with Crippen molar-refractivity contribution in [2.24, 2.45) is 0 Å². The molecule has 0 aliphatic carbocycles. The molecule has 7 heteroatoms. The number of pyridine rings is 1. The number of thioether (sulfide) groups is 1. The van der Waals surface area contributed by atoms with Crippen LogP contribution in [0.3, 0.4) is 0 Å². The van der Waals surface area contributed by atoms with Gasteiger partial charge in [-0.2, -0.15) is 24.9 Å². The molecule has 16 heavy (non-hydrogen) atoms. The molecule has 1 aromatic rings. The van der Waals surface area contributed by atoms with Crippen LogP contribution in [0.1, 0.15) is 5.69 Å². The van der Waals surface area contributed by atoms with Gasteiger partial charge in [0.25, 0.3) is 0 Å². The van der Waals surface area contributed by atoms with E-state index >= 15 is 0 Å². The molecule has 0 amide bonds. The highest BCUT2D eigenvalue weighted by Gasteiger charge is 2.32. The number of hydrogen-bond donors (Lipinski definition) is 2. The van der Waals surface area contributed by atoms with Crippen molar-refractivity contribution in [3.63, 3.8) is 0 Å². The molecule has 0 radical (unpaired) electrons. The van der Waals surface area contributed by atoms with Gasteiger partial charge < -0.3 is 11.1 Å². The zero-order valence-electron chi connectivity index (χ0n) is 8.64. The minimum Gasteiger partial charge on any atom is -0.396 e. The minimum atomic E-state index is -4.44. The lowest BCUT2D eigenvalue weighted by Crippen LogP contribution is -2.12. The molecule has 0 bridgehead atoms. The van der Waals surface area contributed by atoms with E-state index in [9.17, 15) is 13.2 Å². The number of nitrogens with two attached hydrogens (primary N) is 1. The highest BCUT2D eigenvalue weighted by molar-refractivity contribution is 7.98. The minimum absolute atomic E-state index is 0.217. The standard InChI is InChI=1S/C9H12F3N3S/c1-16-3-2-14-7-4-8(9(10,11)12)15-5-6(7)13/h4-5H,2-3,13H2,1H3,(H,14,15). The molecular formula is C9H12F3N3S. The van der Waals surface area contributed by atoms with Crippen molar-refractivity contribution in [1.82, 2.24) is 4.98 Å². The Morgan fingerprint density at radius 1 is 1.50 bits per heavy atom. The molecule has 0 saturated carbocycles. The van der Waals surface area contributed by atoms with Crippen LogP contribution in [0.25, 0.3) is 0 Å². The molecule has 0 fully saturated rings. The van der Waals surface area contributed by atoms with E-state index in [4.69, 9.17) is 5.73 Å². The Bertz CT molecular complexity index is 354. The van der Waals surface area contributed by atoms with E-state index in [-0.39, 0.29) is 11.4 Å². The molecule has 90 valence electrons. The van der Waals surface area contributed by atoms with Gasteiger partial charge in [-0.05, 0) is 12.3 Å². The smallest absolute Gasteiger partial charge is 0.396 e. The second kappa shape index (κ2) is 5.29. The Hall–Kier alpha value is -1.11. The molecule has 1 aromatic heterocycles. The van der Waals surface area contributed by atoms with Gasteiger partial charge in [0, 0.05) is 12.3 Å². The van der Waals surface area contributed by atoms with Gasteiger partial charge in [-0.25, -0.2) is 4.98 Å². The predicted molar refractivity (Wildman–Crippen MR) is 60.5 cm³/mol. The summed E-state index contributed by atoms with van der Waals surface area (Å²) in [4.78, 5) is 3.24. The van der Waals surface area contributed by atoms with Gasteiger partial charge in [0.2, 0.25) is 0 Å². The molecule has 0 aromatic carbocycles. The normalized spacial score (nSPS) is 11.5. The van der Waals surface area contributed by atoms with Gasteiger partial charge in [0.05, 0.1) is 17.6 Å². The maximum absolute atomic E-state index is 12.4. The maximum atomic E-state index is 12.4. The Morgan fingerprint density at radius 3 is 2.75 bits per heavy atom. The van der Waals surface area contributed by atoms with Gasteiger partial charge in [0.15, 0.2) is 0 Å². The van der Waals surface area contributed by atoms with Crippen molar-refractivity contribution in [3.8, 4) is 0 Å². The maximum Gasteiger partial charge on any atom is 0.433 e. The fourth-order valence-electron chi connectivity index (χ4n) is 1.06. The topological polar surface area (TPSA) is 50.9 Å². The van der Waals surface area contributed by atoms with Crippen LogP contribution in [-0.2, 0) is 6.18 Å². The lowest BCUT2D eigenvalue weighted by atomic mass is 10.2. The molecule has 0 unspecified atom stereocenters. The third kappa shape index (κ3) is 3.48. The first-order chi connectivity index (χ1) is 7.45. The first kappa shape index (κ1) is 13.0. The van der Waals surface area contributed by atoms with Gasteiger partial charge in [-0.1, -0.05) is 0 Å². The fourth-order valence-corrected chi connectivity index (χ4v) is 1.37. The number of nitrogen functional groups attached to an aromatic ring is 1. The third-order valence-corrected chi connectivity index (χ3v) is 2.46. The van der Waals surface area contributed by atoms with E-state index in [1.165, 1.54) is 0 Å². The van der Waals surface area contributed by atoms with Crippen molar-refractivity contribution in [3.05, 3.63) is 18.0 Å². The number of nitrogens with one attached hydrogen (secondary N) is 1. The summed E-state index contributed by atoms with van der Waals surface area (Å²) in [6.07, 6.45) is -1.51. The summed E-state index contributed by atoms with van der Waals surface area (Å²) in [5.74, 6) is 0.795. The summed E-state index contributed by atoms with van der Waals surface area (Å²) in [7, 11) is 0.